The number of aryl methyl sites for hydroxylation is 1. The van der Waals surface area contributed by atoms with Crippen molar-refractivity contribution in [3.63, 3.8) is 0 Å². The minimum absolute atomic E-state index is 0.0548. The maximum Gasteiger partial charge on any atom is 0.258 e. The van der Waals surface area contributed by atoms with Crippen molar-refractivity contribution in [1.82, 2.24) is 5.32 Å². The van der Waals surface area contributed by atoms with Crippen molar-refractivity contribution in [1.29, 1.82) is 0 Å². The zero-order valence-electron chi connectivity index (χ0n) is 10.9. The number of ether oxygens (including phenoxy) is 1. The molecule has 1 aliphatic rings. The van der Waals surface area contributed by atoms with Gasteiger partial charge >= 0.3 is 0 Å². The Kier molecular flexibility index (Phi) is 3.87. The molecule has 98 valence electrons. The highest BCUT2D eigenvalue weighted by atomic mass is 16.5. The van der Waals surface area contributed by atoms with Crippen molar-refractivity contribution >= 4 is 5.91 Å². The zero-order chi connectivity index (χ0) is 13.1. The number of nitrogens with one attached hydrogen (secondary N) is 1. The van der Waals surface area contributed by atoms with Crippen molar-refractivity contribution in [2.45, 2.75) is 38.8 Å². The molecule has 0 bridgehead atoms. The molecule has 1 atom stereocenters. The van der Waals surface area contributed by atoms with Gasteiger partial charge in [0.2, 0.25) is 0 Å². The molecule has 4 heteroatoms. The van der Waals surface area contributed by atoms with Crippen LogP contribution in [0.2, 0.25) is 0 Å². The average molecular weight is 248 g/mol. The van der Waals surface area contributed by atoms with Gasteiger partial charge in [0.05, 0.1) is 0 Å². The molecule has 1 aromatic carbocycles. The summed E-state index contributed by atoms with van der Waals surface area (Å²) in [7, 11) is 0. The van der Waals surface area contributed by atoms with Gasteiger partial charge in [0, 0.05) is 17.6 Å². The first kappa shape index (κ1) is 12.9. The Labute approximate surface area is 108 Å². The van der Waals surface area contributed by atoms with Crippen LogP contribution in [-0.2, 0) is 4.79 Å². The fraction of sp³-hybridized carbons (Fsp3) is 0.500. The van der Waals surface area contributed by atoms with E-state index in [9.17, 15) is 4.79 Å². The zero-order valence-corrected chi connectivity index (χ0v) is 10.9. The summed E-state index contributed by atoms with van der Waals surface area (Å²) >= 11 is 0. The molecule has 1 aliphatic carbocycles. The molecule has 0 heterocycles. The first-order valence-electron chi connectivity index (χ1n) is 6.34. The van der Waals surface area contributed by atoms with E-state index in [4.69, 9.17) is 10.5 Å². The maximum absolute atomic E-state index is 11.5. The third-order valence-electron chi connectivity index (χ3n) is 2.96. The Bertz CT molecular complexity index is 439. The molecule has 1 saturated carbocycles. The van der Waals surface area contributed by atoms with Gasteiger partial charge in [-0.1, -0.05) is 17.7 Å². The summed E-state index contributed by atoms with van der Waals surface area (Å²) < 4.78 is 5.55. The Morgan fingerprint density at radius 3 is 2.89 bits per heavy atom. The number of hydrogen-bond donors (Lipinski definition) is 2. The third-order valence-corrected chi connectivity index (χ3v) is 2.96. The van der Waals surface area contributed by atoms with Crippen molar-refractivity contribution in [3.05, 3.63) is 29.3 Å². The molecule has 0 saturated heterocycles. The van der Waals surface area contributed by atoms with E-state index >= 15 is 0 Å². The minimum atomic E-state index is -0.105. The molecule has 1 aromatic rings. The lowest BCUT2D eigenvalue weighted by atomic mass is 10.1. The summed E-state index contributed by atoms with van der Waals surface area (Å²) in [6.45, 7) is 3.97. The van der Waals surface area contributed by atoms with Gasteiger partial charge in [-0.3, -0.25) is 4.79 Å². The Hall–Kier alpha value is -1.55. The van der Waals surface area contributed by atoms with Crippen LogP contribution in [0.15, 0.2) is 18.2 Å². The predicted molar refractivity (Wildman–Crippen MR) is 70.4 cm³/mol. The molecule has 0 spiro atoms. The molecular weight excluding hydrogens is 228 g/mol. The summed E-state index contributed by atoms with van der Waals surface area (Å²) in [6.07, 6.45) is 2.17. The van der Waals surface area contributed by atoms with Crippen molar-refractivity contribution in [2.75, 3.05) is 6.61 Å². The number of carbonyl (C=O) groups is 1. The first-order chi connectivity index (χ1) is 8.56. The van der Waals surface area contributed by atoms with E-state index < -0.39 is 0 Å². The normalized spacial score (nSPS) is 16.2. The minimum Gasteiger partial charge on any atom is -0.483 e. The fourth-order valence-corrected chi connectivity index (χ4v) is 1.80. The predicted octanol–water partition coefficient (Wildman–Crippen LogP) is 1.67. The molecule has 1 fully saturated rings. The van der Waals surface area contributed by atoms with Crippen LogP contribution < -0.4 is 15.8 Å². The number of rotatable bonds is 5. The van der Waals surface area contributed by atoms with Crippen LogP contribution in [0.5, 0.6) is 5.75 Å². The van der Waals surface area contributed by atoms with Gasteiger partial charge < -0.3 is 15.8 Å². The lowest BCUT2D eigenvalue weighted by molar-refractivity contribution is -0.123. The van der Waals surface area contributed by atoms with Gasteiger partial charge in [-0.25, -0.2) is 0 Å². The highest BCUT2D eigenvalue weighted by Gasteiger charge is 2.23. The second kappa shape index (κ2) is 5.40. The molecule has 1 amide bonds. The SMILES string of the molecule is Cc1ccc(OCC(=O)NC2CC2)c(C(C)N)c1. The standard InChI is InChI=1S/C14H20N2O2/c1-9-3-6-13(12(7-9)10(2)15)18-8-14(17)16-11-4-5-11/h3,6-7,10-11H,4-5,8,15H2,1-2H3,(H,16,17). The Balaban J connectivity index is 1.96. The maximum atomic E-state index is 11.5. The average Bonchev–Trinajstić information content (AvgIpc) is 3.11. The van der Waals surface area contributed by atoms with Crippen LogP contribution in [-0.4, -0.2) is 18.6 Å². The summed E-state index contributed by atoms with van der Waals surface area (Å²) in [5.74, 6) is 0.634. The van der Waals surface area contributed by atoms with E-state index in [1.807, 2.05) is 32.0 Å². The van der Waals surface area contributed by atoms with Gasteiger partial charge in [0.15, 0.2) is 6.61 Å². The highest BCUT2D eigenvalue weighted by molar-refractivity contribution is 5.78. The van der Waals surface area contributed by atoms with Gasteiger partial charge in [-0.15, -0.1) is 0 Å². The van der Waals surface area contributed by atoms with E-state index in [0.29, 0.717) is 11.8 Å². The second-order valence-corrected chi connectivity index (χ2v) is 4.96. The molecule has 18 heavy (non-hydrogen) atoms. The number of carbonyl (C=O) groups excluding carboxylic acids is 1. The van der Waals surface area contributed by atoms with E-state index in [-0.39, 0.29) is 18.6 Å². The lowest BCUT2D eigenvalue weighted by Gasteiger charge is -2.14. The summed E-state index contributed by atoms with van der Waals surface area (Å²) in [6, 6.07) is 6.09. The third kappa shape index (κ3) is 3.47. The van der Waals surface area contributed by atoms with Crippen LogP contribution in [0.4, 0.5) is 0 Å². The molecule has 3 N–H and O–H groups in total. The largest absolute Gasteiger partial charge is 0.483 e. The van der Waals surface area contributed by atoms with Gasteiger partial charge in [-0.2, -0.15) is 0 Å². The molecule has 1 unspecified atom stereocenters. The lowest BCUT2D eigenvalue weighted by Crippen LogP contribution is -2.30. The van der Waals surface area contributed by atoms with Crippen molar-refractivity contribution < 1.29 is 9.53 Å². The fourth-order valence-electron chi connectivity index (χ4n) is 1.80. The summed E-state index contributed by atoms with van der Waals surface area (Å²) in [4.78, 5) is 11.5. The summed E-state index contributed by atoms with van der Waals surface area (Å²) in [5, 5.41) is 2.89. The smallest absolute Gasteiger partial charge is 0.258 e. The van der Waals surface area contributed by atoms with Crippen LogP contribution in [0.3, 0.4) is 0 Å². The van der Waals surface area contributed by atoms with Crippen LogP contribution in [0.1, 0.15) is 36.9 Å². The second-order valence-electron chi connectivity index (χ2n) is 4.96. The van der Waals surface area contributed by atoms with Crippen LogP contribution in [0.25, 0.3) is 0 Å². The van der Waals surface area contributed by atoms with Gasteiger partial charge in [-0.05, 0) is 32.8 Å². The Morgan fingerprint density at radius 1 is 1.56 bits per heavy atom. The van der Waals surface area contributed by atoms with Crippen molar-refractivity contribution in [2.24, 2.45) is 5.73 Å². The van der Waals surface area contributed by atoms with Crippen LogP contribution in [0, 0.1) is 6.92 Å². The topological polar surface area (TPSA) is 64.3 Å². The molecule has 0 aliphatic heterocycles. The molecule has 0 aromatic heterocycles. The van der Waals surface area contributed by atoms with E-state index in [0.717, 1.165) is 24.0 Å². The first-order valence-corrected chi connectivity index (χ1v) is 6.34. The van der Waals surface area contributed by atoms with E-state index in [1.165, 1.54) is 0 Å². The number of hydrogen-bond acceptors (Lipinski definition) is 3. The van der Waals surface area contributed by atoms with Gasteiger partial charge in [0.1, 0.15) is 5.75 Å². The van der Waals surface area contributed by atoms with Crippen molar-refractivity contribution in [3.8, 4) is 5.75 Å². The van der Waals surface area contributed by atoms with E-state index in [2.05, 4.69) is 5.32 Å². The Morgan fingerprint density at radius 2 is 2.28 bits per heavy atom. The van der Waals surface area contributed by atoms with Gasteiger partial charge in [0.25, 0.3) is 5.91 Å². The summed E-state index contributed by atoms with van der Waals surface area (Å²) in [5.41, 5.74) is 7.98. The highest BCUT2D eigenvalue weighted by Crippen LogP contribution is 2.25. The monoisotopic (exact) mass is 248 g/mol. The van der Waals surface area contributed by atoms with Crippen LogP contribution >= 0.6 is 0 Å². The molecular formula is C14H20N2O2. The number of nitrogens with two attached hydrogens (primary N) is 1. The molecule has 0 radical (unpaired) electrons. The quantitative estimate of drug-likeness (QED) is 0.833. The molecule has 2 rings (SSSR count). The molecule has 4 nitrogen and oxygen atoms in total. The van der Waals surface area contributed by atoms with E-state index in [1.54, 1.807) is 0 Å². The number of amides is 1. The number of benzene rings is 1.